The van der Waals surface area contributed by atoms with Crippen molar-refractivity contribution in [1.82, 2.24) is 10.6 Å². The lowest BCUT2D eigenvalue weighted by molar-refractivity contribution is -0.146. The Bertz CT molecular complexity index is 957. The third-order valence-electron chi connectivity index (χ3n) is 6.86. The average Bonchev–Trinajstić information content (AvgIpc) is 3.27. The maximum Gasteiger partial charge on any atom is 0.258 e. The Morgan fingerprint density at radius 3 is 2.97 bits per heavy atom. The second kappa shape index (κ2) is 7.38. The normalized spacial score (nSPS) is 29.1. The number of benzene rings is 1. The molecule has 0 saturated heterocycles. The topological polar surface area (TPSA) is 89.8 Å². The highest BCUT2D eigenvalue weighted by atomic mass is 16.5. The number of methoxy groups -OCH3 is 1. The van der Waals surface area contributed by atoms with Gasteiger partial charge in [0.25, 0.3) is 5.91 Å². The molecule has 3 aliphatic carbocycles. The quantitative estimate of drug-likeness (QED) is 0.791. The van der Waals surface area contributed by atoms with Crippen LogP contribution in [0, 0.1) is 17.8 Å². The number of rotatable bonds is 5. The molecule has 4 aliphatic rings. The van der Waals surface area contributed by atoms with Gasteiger partial charge in [-0.15, -0.1) is 0 Å². The third-order valence-corrected chi connectivity index (χ3v) is 6.86. The van der Waals surface area contributed by atoms with Crippen molar-refractivity contribution in [3.8, 4) is 11.5 Å². The van der Waals surface area contributed by atoms with Crippen molar-refractivity contribution in [2.24, 2.45) is 17.8 Å². The van der Waals surface area contributed by atoms with Crippen molar-refractivity contribution in [2.45, 2.75) is 37.8 Å². The lowest BCUT2D eigenvalue weighted by atomic mass is 9.60. The minimum absolute atomic E-state index is 0.0433. The van der Waals surface area contributed by atoms with E-state index in [9.17, 15) is 9.59 Å². The molecular weight excluding hydrogens is 384 g/mol. The second-order valence-corrected chi connectivity index (χ2v) is 8.51. The first-order valence-electron chi connectivity index (χ1n) is 10.6. The summed E-state index contributed by atoms with van der Waals surface area (Å²) in [6, 6.07) is 9.02. The molecular formula is C23H26N2O5. The van der Waals surface area contributed by atoms with Crippen LogP contribution >= 0.6 is 0 Å². The van der Waals surface area contributed by atoms with Crippen molar-refractivity contribution >= 4 is 11.8 Å². The molecule has 2 bridgehead atoms. The molecule has 0 radical (unpaired) electrons. The third kappa shape index (κ3) is 3.22. The predicted molar refractivity (Wildman–Crippen MR) is 108 cm³/mol. The summed E-state index contributed by atoms with van der Waals surface area (Å²) in [6.07, 6.45) is 5.62. The molecule has 3 saturated carbocycles. The lowest BCUT2D eigenvalue weighted by Gasteiger charge is -2.55. The first-order chi connectivity index (χ1) is 14.6. The van der Waals surface area contributed by atoms with E-state index in [0.717, 1.165) is 25.0 Å². The minimum atomic E-state index is -0.732. The van der Waals surface area contributed by atoms with E-state index in [4.69, 9.17) is 13.9 Å². The van der Waals surface area contributed by atoms with Crippen LogP contribution in [-0.2, 0) is 11.2 Å². The monoisotopic (exact) mass is 410 g/mol. The molecule has 30 heavy (non-hydrogen) atoms. The van der Waals surface area contributed by atoms with Gasteiger partial charge in [-0.25, -0.2) is 0 Å². The number of amides is 2. The van der Waals surface area contributed by atoms with Gasteiger partial charge >= 0.3 is 0 Å². The standard InChI is InChI=1S/C23H26N2O5/c1-28-17-6-7-18-20(12-17)30-23(25-22(18)27)13-14-4-5-15(23)11-19(14)21(26)24-9-8-16-3-2-10-29-16/h2-3,6-7,10,12,14-15,19H,4-5,8-9,11,13H2,1H3,(H,24,26)(H,25,27)/t14-,15+,19+,23-/m1/s1. The van der Waals surface area contributed by atoms with Crippen molar-refractivity contribution in [2.75, 3.05) is 13.7 Å². The first-order valence-corrected chi connectivity index (χ1v) is 10.6. The summed E-state index contributed by atoms with van der Waals surface area (Å²) in [6.45, 7) is 0.561. The summed E-state index contributed by atoms with van der Waals surface area (Å²) in [5.74, 6) is 2.31. The van der Waals surface area contributed by atoms with Gasteiger partial charge in [0.05, 0.1) is 18.9 Å². The van der Waals surface area contributed by atoms with Crippen LogP contribution in [0.3, 0.4) is 0 Å². The Labute approximate surface area is 175 Å². The molecule has 1 spiro atoms. The number of hydrogen-bond donors (Lipinski definition) is 2. The van der Waals surface area contributed by atoms with Gasteiger partial charge in [-0.3, -0.25) is 9.59 Å². The maximum atomic E-state index is 12.8. The summed E-state index contributed by atoms with van der Waals surface area (Å²) in [7, 11) is 1.60. The maximum absolute atomic E-state index is 12.8. The highest BCUT2D eigenvalue weighted by Gasteiger charge is 2.57. The van der Waals surface area contributed by atoms with Crippen molar-refractivity contribution in [1.29, 1.82) is 0 Å². The van der Waals surface area contributed by atoms with E-state index >= 15 is 0 Å². The summed E-state index contributed by atoms with van der Waals surface area (Å²) in [5, 5.41) is 6.19. The Morgan fingerprint density at radius 1 is 1.33 bits per heavy atom. The van der Waals surface area contributed by atoms with E-state index in [1.165, 1.54) is 0 Å². The van der Waals surface area contributed by atoms with Crippen LogP contribution < -0.4 is 20.1 Å². The summed E-state index contributed by atoms with van der Waals surface area (Å²) >= 11 is 0. The molecule has 7 heteroatoms. The molecule has 1 aliphatic heterocycles. The van der Waals surface area contributed by atoms with Crippen molar-refractivity contribution in [3.05, 3.63) is 47.9 Å². The fraction of sp³-hybridized carbons (Fsp3) is 0.478. The molecule has 6 rings (SSSR count). The van der Waals surface area contributed by atoms with E-state index in [-0.39, 0.29) is 29.6 Å². The van der Waals surface area contributed by atoms with E-state index in [0.29, 0.717) is 36.4 Å². The second-order valence-electron chi connectivity index (χ2n) is 8.51. The highest BCUT2D eigenvalue weighted by molar-refractivity contribution is 5.98. The molecule has 0 unspecified atom stereocenters. The zero-order chi connectivity index (χ0) is 20.7. The molecule has 2 heterocycles. The average molecular weight is 410 g/mol. The molecule has 2 aromatic rings. The zero-order valence-corrected chi connectivity index (χ0v) is 17.0. The van der Waals surface area contributed by atoms with Gasteiger partial charge in [-0.1, -0.05) is 0 Å². The van der Waals surface area contributed by atoms with E-state index in [2.05, 4.69) is 10.6 Å². The van der Waals surface area contributed by atoms with Crippen LogP contribution in [0.4, 0.5) is 0 Å². The van der Waals surface area contributed by atoms with Crippen molar-refractivity contribution < 1.29 is 23.5 Å². The van der Waals surface area contributed by atoms with Gasteiger partial charge in [0.1, 0.15) is 17.3 Å². The van der Waals surface area contributed by atoms with E-state index in [1.54, 1.807) is 31.6 Å². The fourth-order valence-corrected chi connectivity index (χ4v) is 5.33. The van der Waals surface area contributed by atoms with Gasteiger partial charge in [-0.2, -0.15) is 0 Å². The van der Waals surface area contributed by atoms with Crippen LogP contribution in [0.15, 0.2) is 41.0 Å². The summed E-state index contributed by atoms with van der Waals surface area (Å²) in [5.41, 5.74) is -0.209. The van der Waals surface area contributed by atoms with E-state index < -0.39 is 5.72 Å². The molecule has 158 valence electrons. The Hall–Kier alpha value is -2.96. The molecule has 2 amide bonds. The molecule has 1 aromatic heterocycles. The number of furan rings is 1. The first kappa shape index (κ1) is 19.0. The minimum Gasteiger partial charge on any atom is -0.497 e. The van der Waals surface area contributed by atoms with Gasteiger partial charge < -0.3 is 24.5 Å². The SMILES string of the molecule is COc1ccc2c(c1)O[C@@]1(C[C@H]3CC[C@H]1C[C@@H]3C(=O)NCCc1ccco1)NC2=O. The number of nitrogens with one attached hydrogen (secondary N) is 2. The summed E-state index contributed by atoms with van der Waals surface area (Å²) in [4.78, 5) is 25.6. The molecule has 7 nitrogen and oxygen atoms in total. The molecule has 3 fully saturated rings. The van der Waals surface area contributed by atoms with Crippen LogP contribution in [0.1, 0.15) is 41.8 Å². The van der Waals surface area contributed by atoms with Crippen LogP contribution in [-0.4, -0.2) is 31.2 Å². The number of carbonyl (C=O) groups is 2. The number of ether oxygens (including phenoxy) is 2. The highest BCUT2D eigenvalue weighted by Crippen LogP contribution is 2.52. The molecule has 1 aromatic carbocycles. The number of fused-ring (bicyclic) bond motifs is 3. The number of hydrogen-bond acceptors (Lipinski definition) is 5. The lowest BCUT2D eigenvalue weighted by Crippen LogP contribution is -2.67. The van der Waals surface area contributed by atoms with Gasteiger partial charge in [-0.05, 0) is 49.4 Å². The Balaban J connectivity index is 1.28. The summed E-state index contributed by atoms with van der Waals surface area (Å²) < 4.78 is 17.0. The predicted octanol–water partition coefficient (Wildman–Crippen LogP) is 2.90. The van der Waals surface area contributed by atoms with Crippen LogP contribution in [0.25, 0.3) is 0 Å². The van der Waals surface area contributed by atoms with E-state index in [1.807, 2.05) is 12.1 Å². The zero-order valence-electron chi connectivity index (χ0n) is 17.0. The molecule has 4 atom stereocenters. The van der Waals surface area contributed by atoms with Crippen LogP contribution in [0.2, 0.25) is 0 Å². The van der Waals surface area contributed by atoms with Crippen molar-refractivity contribution in [3.63, 3.8) is 0 Å². The van der Waals surface area contributed by atoms with Gasteiger partial charge in [0.15, 0.2) is 5.72 Å². The van der Waals surface area contributed by atoms with Gasteiger partial charge in [0, 0.05) is 37.3 Å². The largest absolute Gasteiger partial charge is 0.497 e. The molecule has 2 N–H and O–H groups in total. The smallest absolute Gasteiger partial charge is 0.258 e. The Kier molecular flexibility index (Phi) is 4.68. The number of carbonyl (C=O) groups excluding carboxylic acids is 2. The van der Waals surface area contributed by atoms with Crippen LogP contribution in [0.5, 0.6) is 11.5 Å². The Morgan fingerprint density at radius 2 is 2.23 bits per heavy atom. The fourth-order valence-electron chi connectivity index (χ4n) is 5.33. The van der Waals surface area contributed by atoms with Gasteiger partial charge in [0.2, 0.25) is 5.91 Å².